The number of hydrogen-bond acceptors (Lipinski definition) is 4. The first-order valence-electron chi connectivity index (χ1n) is 7.47. The Labute approximate surface area is 131 Å². The van der Waals surface area contributed by atoms with Gasteiger partial charge in [-0.05, 0) is 37.1 Å². The third kappa shape index (κ3) is 4.15. The molecule has 5 heteroatoms. The largest absolute Gasteiger partial charge is 0.496 e. The Morgan fingerprint density at radius 2 is 2.24 bits per heavy atom. The fraction of sp³-hybridized carbons (Fsp3) is 0.562. The van der Waals surface area contributed by atoms with Gasteiger partial charge in [0.25, 0.3) is 0 Å². The van der Waals surface area contributed by atoms with Gasteiger partial charge in [0.2, 0.25) is 0 Å². The monoisotopic (exact) mass is 308 g/mol. The minimum absolute atomic E-state index is 0.221. The molecule has 0 bridgehead atoms. The number of thiocarbonyl (C=S) groups is 1. The Morgan fingerprint density at radius 3 is 2.90 bits per heavy atom. The van der Waals surface area contributed by atoms with E-state index in [1.807, 2.05) is 18.2 Å². The summed E-state index contributed by atoms with van der Waals surface area (Å²) in [6.45, 7) is 2.06. The van der Waals surface area contributed by atoms with Crippen LogP contribution in [-0.2, 0) is 6.54 Å². The van der Waals surface area contributed by atoms with Gasteiger partial charge < -0.3 is 15.6 Å². The number of rotatable bonds is 5. The number of ether oxygens (including phenoxy) is 1. The minimum Gasteiger partial charge on any atom is -0.496 e. The topological polar surface area (TPSA) is 58.7 Å². The molecule has 4 nitrogen and oxygen atoms in total. The smallest absolute Gasteiger partial charge is 0.129 e. The van der Waals surface area contributed by atoms with Crippen LogP contribution in [0.3, 0.4) is 0 Å². The quantitative estimate of drug-likeness (QED) is 0.816. The lowest BCUT2D eigenvalue weighted by Gasteiger charge is -2.28. The van der Waals surface area contributed by atoms with Crippen LogP contribution < -0.4 is 10.5 Å². The third-order valence-electron chi connectivity index (χ3n) is 4.12. The number of benzene rings is 1. The van der Waals surface area contributed by atoms with E-state index in [0.29, 0.717) is 10.7 Å². The second kappa shape index (κ2) is 7.73. The molecule has 3 N–H and O–H groups in total. The molecule has 0 amide bonds. The lowest BCUT2D eigenvalue weighted by atomic mass is 10.1. The maximum atomic E-state index is 9.59. The Bertz CT molecular complexity index is 493. The fourth-order valence-corrected chi connectivity index (χ4v) is 3.09. The van der Waals surface area contributed by atoms with Crippen LogP contribution in [0.15, 0.2) is 18.2 Å². The van der Waals surface area contributed by atoms with Crippen LogP contribution in [0.5, 0.6) is 5.75 Å². The van der Waals surface area contributed by atoms with Gasteiger partial charge in [0.05, 0.1) is 19.3 Å². The van der Waals surface area contributed by atoms with Crippen molar-refractivity contribution in [2.75, 3.05) is 20.3 Å². The van der Waals surface area contributed by atoms with Gasteiger partial charge in [-0.15, -0.1) is 0 Å². The second-order valence-corrected chi connectivity index (χ2v) is 5.99. The molecule has 1 aliphatic rings. The molecule has 1 aromatic rings. The molecule has 1 aromatic carbocycles. The van der Waals surface area contributed by atoms with E-state index in [2.05, 4.69) is 4.90 Å². The Balaban J connectivity index is 2.17. The highest BCUT2D eigenvalue weighted by atomic mass is 32.1. The average molecular weight is 308 g/mol. The number of aliphatic hydroxyl groups excluding tert-OH is 1. The van der Waals surface area contributed by atoms with Gasteiger partial charge in [-0.25, -0.2) is 0 Å². The summed E-state index contributed by atoms with van der Waals surface area (Å²) in [6, 6.07) is 6.21. The summed E-state index contributed by atoms with van der Waals surface area (Å²) in [7, 11) is 1.62. The van der Waals surface area contributed by atoms with E-state index in [4.69, 9.17) is 22.7 Å². The number of likely N-dealkylation sites (tertiary alicyclic amines) is 1. The average Bonchev–Trinajstić information content (AvgIpc) is 2.72. The van der Waals surface area contributed by atoms with E-state index >= 15 is 0 Å². The van der Waals surface area contributed by atoms with Crippen LogP contribution in [0, 0.1) is 0 Å². The van der Waals surface area contributed by atoms with Crippen molar-refractivity contribution in [2.24, 2.45) is 5.73 Å². The first-order chi connectivity index (χ1) is 10.2. The zero-order valence-corrected chi connectivity index (χ0v) is 13.4. The molecule has 0 radical (unpaired) electrons. The lowest BCUT2D eigenvalue weighted by Crippen LogP contribution is -2.36. The van der Waals surface area contributed by atoms with Crippen LogP contribution in [0.1, 0.15) is 36.8 Å². The summed E-state index contributed by atoms with van der Waals surface area (Å²) in [6.07, 6.45) is 4.69. The van der Waals surface area contributed by atoms with Gasteiger partial charge in [0.15, 0.2) is 0 Å². The van der Waals surface area contributed by atoms with Crippen molar-refractivity contribution in [1.82, 2.24) is 4.90 Å². The Kier molecular flexibility index (Phi) is 5.96. The molecule has 0 aliphatic carbocycles. The summed E-state index contributed by atoms with van der Waals surface area (Å²) in [5.41, 5.74) is 7.70. The minimum atomic E-state index is 0.221. The van der Waals surface area contributed by atoms with Crippen LogP contribution in [0.25, 0.3) is 0 Å². The predicted molar refractivity (Wildman–Crippen MR) is 88.6 cm³/mol. The number of aliphatic hydroxyl groups is 1. The zero-order valence-electron chi connectivity index (χ0n) is 12.5. The summed E-state index contributed by atoms with van der Waals surface area (Å²) in [5.74, 6) is 0.709. The molecule has 0 saturated carbocycles. The highest BCUT2D eigenvalue weighted by molar-refractivity contribution is 7.80. The Hall–Kier alpha value is -1.17. The van der Waals surface area contributed by atoms with E-state index in [9.17, 15) is 5.11 Å². The van der Waals surface area contributed by atoms with Crippen molar-refractivity contribution in [2.45, 2.75) is 38.3 Å². The molecular weight excluding hydrogens is 284 g/mol. The molecular formula is C16H24N2O2S. The number of nitrogens with two attached hydrogens (primary N) is 1. The highest BCUT2D eigenvalue weighted by Gasteiger charge is 2.20. The first kappa shape index (κ1) is 16.2. The van der Waals surface area contributed by atoms with Crippen LogP contribution >= 0.6 is 12.2 Å². The lowest BCUT2D eigenvalue weighted by molar-refractivity contribution is 0.118. The summed E-state index contributed by atoms with van der Waals surface area (Å²) < 4.78 is 5.29. The molecule has 116 valence electrons. The molecule has 1 saturated heterocycles. The maximum Gasteiger partial charge on any atom is 0.129 e. The van der Waals surface area contributed by atoms with Crippen molar-refractivity contribution < 1.29 is 9.84 Å². The highest BCUT2D eigenvalue weighted by Crippen LogP contribution is 2.23. The van der Waals surface area contributed by atoms with E-state index in [-0.39, 0.29) is 12.6 Å². The molecule has 1 heterocycles. The predicted octanol–water partition coefficient (Wildman–Crippen LogP) is 2.07. The van der Waals surface area contributed by atoms with Crippen molar-refractivity contribution in [3.05, 3.63) is 29.3 Å². The zero-order chi connectivity index (χ0) is 15.2. The van der Waals surface area contributed by atoms with Gasteiger partial charge in [0.1, 0.15) is 10.7 Å². The maximum absolute atomic E-state index is 9.59. The molecule has 1 aliphatic heterocycles. The first-order valence-corrected chi connectivity index (χ1v) is 7.88. The third-order valence-corrected chi connectivity index (χ3v) is 4.34. The summed E-state index contributed by atoms with van der Waals surface area (Å²) in [4.78, 5) is 2.71. The summed E-state index contributed by atoms with van der Waals surface area (Å²) >= 11 is 5.09. The van der Waals surface area contributed by atoms with Gasteiger partial charge in [0, 0.05) is 12.6 Å². The molecule has 1 atom stereocenters. The van der Waals surface area contributed by atoms with Crippen molar-refractivity contribution in [3.63, 3.8) is 0 Å². The van der Waals surface area contributed by atoms with E-state index in [1.54, 1.807) is 7.11 Å². The number of methoxy groups -OCH3 is 1. The molecule has 1 fully saturated rings. The van der Waals surface area contributed by atoms with E-state index in [1.165, 1.54) is 19.3 Å². The van der Waals surface area contributed by atoms with Gasteiger partial charge in [-0.2, -0.15) is 0 Å². The molecule has 21 heavy (non-hydrogen) atoms. The van der Waals surface area contributed by atoms with Crippen LogP contribution in [0.4, 0.5) is 0 Å². The van der Waals surface area contributed by atoms with Gasteiger partial charge in [-0.1, -0.05) is 31.1 Å². The molecule has 1 unspecified atom stereocenters. The van der Waals surface area contributed by atoms with Crippen LogP contribution in [0.2, 0.25) is 0 Å². The second-order valence-electron chi connectivity index (χ2n) is 5.56. The summed E-state index contributed by atoms with van der Waals surface area (Å²) in [5, 5.41) is 9.59. The van der Waals surface area contributed by atoms with Crippen molar-refractivity contribution in [1.29, 1.82) is 0 Å². The molecule has 0 spiro atoms. The van der Waals surface area contributed by atoms with Crippen molar-refractivity contribution >= 4 is 17.2 Å². The van der Waals surface area contributed by atoms with Gasteiger partial charge >= 0.3 is 0 Å². The van der Waals surface area contributed by atoms with Crippen LogP contribution in [-0.4, -0.2) is 41.3 Å². The molecule has 2 rings (SSSR count). The van der Waals surface area contributed by atoms with Crippen molar-refractivity contribution in [3.8, 4) is 5.75 Å². The normalized spacial score (nSPS) is 20.0. The van der Waals surface area contributed by atoms with Gasteiger partial charge in [-0.3, -0.25) is 4.90 Å². The SMILES string of the molecule is COc1ccc(CN2CCCCCC2CO)cc1C(N)=S. The Morgan fingerprint density at radius 1 is 1.43 bits per heavy atom. The number of hydrogen-bond donors (Lipinski definition) is 2. The van der Waals surface area contributed by atoms with E-state index < -0.39 is 0 Å². The fourth-order valence-electron chi connectivity index (χ4n) is 2.93. The molecule has 0 aromatic heterocycles. The standard InChI is InChI=1S/C16H24N2O2S/c1-20-15-7-6-12(9-14(15)16(17)21)10-18-8-4-2-3-5-13(18)11-19/h6-7,9,13,19H,2-5,8,10-11H2,1H3,(H2,17,21). The van der Waals surface area contributed by atoms with E-state index in [0.717, 1.165) is 30.6 Å². The number of nitrogens with zero attached hydrogens (tertiary/aromatic N) is 1.